The second kappa shape index (κ2) is 7.64. The lowest BCUT2D eigenvalue weighted by molar-refractivity contribution is -0.174. The number of rotatable bonds is 4. The van der Waals surface area contributed by atoms with Crippen molar-refractivity contribution in [3.63, 3.8) is 0 Å². The van der Waals surface area contributed by atoms with Gasteiger partial charge in [0, 0.05) is 11.5 Å². The third-order valence-corrected chi connectivity index (χ3v) is 5.23. The third kappa shape index (κ3) is 3.23. The molecule has 0 saturated heterocycles. The number of methoxy groups -OCH3 is 2. The van der Waals surface area contributed by atoms with Gasteiger partial charge in [0.05, 0.1) is 14.2 Å². The molecule has 2 atom stereocenters. The van der Waals surface area contributed by atoms with Crippen molar-refractivity contribution in [2.75, 3.05) is 14.2 Å². The molecule has 0 heterocycles. The summed E-state index contributed by atoms with van der Waals surface area (Å²) in [6, 6.07) is 8.85. The molecule has 1 saturated carbocycles. The summed E-state index contributed by atoms with van der Waals surface area (Å²) in [4.78, 5) is 38.3. The molecular weight excluding hydrogens is 320 g/mol. The molecule has 1 fully saturated rings. The Labute approximate surface area is 148 Å². The predicted molar refractivity (Wildman–Crippen MR) is 92.9 cm³/mol. The quantitative estimate of drug-likeness (QED) is 0.276. The van der Waals surface area contributed by atoms with Crippen LogP contribution in [0.3, 0.4) is 0 Å². The highest BCUT2D eigenvalue weighted by Gasteiger charge is 2.57. The van der Waals surface area contributed by atoms with Crippen molar-refractivity contribution in [3.05, 3.63) is 48.0 Å². The summed E-state index contributed by atoms with van der Waals surface area (Å²) in [7, 11) is 2.49. The first kappa shape index (κ1) is 18.9. The van der Waals surface area contributed by atoms with E-state index >= 15 is 0 Å². The first-order valence-corrected chi connectivity index (χ1v) is 8.34. The summed E-state index contributed by atoms with van der Waals surface area (Å²) in [6.45, 7) is 5.80. The molecule has 134 valence electrons. The summed E-state index contributed by atoms with van der Waals surface area (Å²) in [6.07, 6.45) is 1.40. The maximum atomic E-state index is 13.1. The number of ketones is 1. The van der Waals surface area contributed by atoms with E-state index in [4.69, 9.17) is 9.47 Å². The first-order valence-electron chi connectivity index (χ1n) is 8.34. The zero-order chi connectivity index (χ0) is 18.6. The van der Waals surface area contributed by atoms with Crippen LogP contribution in [0.25, 0.3) is 0 Å². The molecule has 0 aromatic heterocycles. The Bertz CT molecular complexity index is 661. The van der Waals surface area contributed by atoms with Crippen LogP contribution >= 0.6 is 0 Å². The largest absolute Gasteiger partial charge is 0.468 e. The maximum absolute atomic E-state index is 13.1. The number of ether oxygens (including phenoxy) is 2. The number of benzene rings is 1. The molecule has 0 radical (unpaired) electrons. The molecule has 5 heteroatoms. The number of esters is 2. The van der Waals surface area contributed by atoms with Crippen molar-refractivity contribution in [3.8, 4) is 0 Å². The molecule has 1 aromatic carbocycles. The van der Waals surface area contributed by atoms with Crippen LogP contribution in [0.1, 0.15) is 36.5 Å². The second-order valence-corrected chi connectivity index (χ2v) is 6.46. The SMILES string of the molecule is C=C1CCCC(C(=O)OC)(C(=O)OC)[C@H](C)[C@@H]1C(=O)c1ccccc1. The van der Waals surface area contributed by atoms with Crippen LogP contribution in [0.15, 0.2) is 42.5 Å². The normalized spacial score (nSPS) is 22.6. The van der Waals surface area contributed by atoms with E-state index in [1.54, 1.807) is 31.2 Å². The number of hydrogen-bond acceptors (Lipinski definition) is 5. The van der Waals surface area contributed by atoms with Crippen molar-refractivity contribution < 1.29 is 23.9 Å². The Morgan fingerprint density at radius 3 is 2.16 bits per heavy atom. The minimum atomic E-state index is -1.50. The zero-order valence-electron chi connectivity index (χ0n) is 14.9. The van der Waals surface area contributed by atoms with Crippen molar-refractivity contribution >= 4 is 17.7 Å². The average molecular weight is 344 g/mol. The monoisotopic (exact) mass is 344 g/mol. The highest BCUT2D eigenvalue weighted by atomic mass is 16.5. The van der Waals surface area contributed by atoms with Gasteiger partial charge >= 0.3 is 11.9 Å². The Balaban J connectivity index is 2.54. The van der Waals surface area contributed by atoms with Gasteiger partial charge in [0.25, 0.3) is 0 Å². The molecule has 1 aromatic rings. The van der Waals surface area contributed by atoms with E-state index in [9.17, 15) is 14.4 Å². The van der Waals surface area contributed by atoms with Crippen LogP contribution in [-0.4, -0.2) is 31.9 Å². The summed E-state index contributed by atoms with van der Waals surface area (Å²) < 4.78 is 9.86. The smallest absolute Gasteiger partial charge is 0.323 e. The molecule has 0 spiro atoms. The highest BCUT2D eigenvalue weighted by Crippen LogP contribution is 2.47. The summed E-state index contributed by atoms with van der Waals surface area (Å²) >= 11 is 0. The number of hydrogen-bond donors (Lipinski definition) is 0. The van der Waals surface area contributed by atoms with E-state index in [0.717, 1.165) is 5.57 Å². The van der Waals surface area contributed by atoms with Crippen LogP contribution in [0, 0.1) is 17.3 Å². The molecule has 2 rings (SSSR count). The first-order chi connectivity index (χ1) is 11.9. The van der Waals surface area contributed by atoms with Gasteiger partial charge in [0.1, 0.15) is 0 Å². The van der Waals surface area contributed by atoms with Gasteiger partial charge in [-0.1, -0.05) is 49.4 Å². The van der Waals surface area contributed by atoms with E-state index in [-0.39, 0.29) is 12.2 Å². The Morgan fingerprint density at radius 1 is 1.08 bits per heavy atom. The Kier molecular flexibility index (Phi) is 5.77. The topological polar surface area (TPSA) is 69.7 Å². The number of allylic oxidation sites excluding steroid dienone is 1. The minimum absolute atomic E-state index is 0.141. The maximum Gasteiger partial charge on any atom is 0.323 e. The second-order valence-electron chi connectivity index (χ2n) is 6.46. The molecule has 5 nitrogen and oxygen atoms in total. The Morgan fingerprint density at radius 2 is 1.64 bits per heavy atom. The van der Waals surface area contributed by atoms with Crippen molar-refractivity contribution in [1.29, 1.82) is 0 Å². The molecular formula is C20H24O5. The van der Waals surface area contributed by atoms with E-state index in [0.29, 0.717) is 18.4 Å². The summed E-state index contributed by atoms with van der Waals surface area (Å²) in [5.74, 6) is -2.73. The molecule has 0 unspecified atom stereocenters. The fourth-order valence-corrected chi connectivity index (χ4v) is 3.83. The van der Waals surface area contributed by atoms with Gasteiger partial charge in [-0.3, -0.25) is 14.4 Å². The van der Waals surface area contributed by atoms with E-state index in [2.05, 4.69) is 6.58 Å². The van der Waals surface area contributed by atoms with E-state index < -0.39 is 29.2 Å². The van der Waals surface area contributed by atoms with Crippen molar-refractivity contribution in [2.45, 2.75) is 26.2 Å². The van der Waals surface area contributed by atoms with Crippen molar-refractivity contribution in [2.24, 2.45) is 17.3 Å². The van der Waals surface area contributed by atoms with E-state index in [1.807, 2.05) is 6.07 Å². The van der Waals surface area contributed by atoms with Gasteiger partial charge in [0.2, 0.25) is 0 Å². The third-order valence-electron chi connectivity index (χ3n) is 5.23. The summed E-state index contributed by atoms with van der Waals surface area (Å²) in [5, 5.41) is 0. The summed E-state index contributed by atoms with van der Waals surface area (Å²) in [5.41, 5.74) is -0.236. The fraction of sp³-hybridized carbons (Fsp3) is 0.450. The number of carbonyl (C=O) groups excluding carboxylic acids is 3. The highest BCUT2D eigenvalue weighted by molar-refractivity contribution is 6.04. The van der Waals surface area contributed by atoms with Gasteiger partial charge < -0.3 is 9.47 Å². The van der Waals surface area contributed by atoms with Crippen LogP contribution < -0.4 is 0 Å². The standard InChI is InChI=1S/C20H24O5/c1-13-9-8-12-20(18(22)24-3,19(23)25-4)14(2)16(13)17(21)15-10-6-5-7-11-15/h5-7,10-11,14,16H,1,8-9,12H2,2-4H3/t14-,16-/m1/s1. The van der Waals surface area contributed by atoms with E-state index in [1.165, 1.54) is 14.2 Å². The fourth-order valence-electron chi connectivity index (χ4n) is 3.83. The molecule has 0 N–H and O–H groups in total. The molecule has 1 aliphatic rings. The predicted octanol–water partition coefficient (Wildman–Crippen LogP) is 3.19. The van der Waals surface area contributed by atoms with Crippen LogP contribution in [0.5, 0.6) is 0 Å². The number of carbonyl (C=O) groups is 3. The van der Waals surface area contributed by atoms with Gasteiger partial charge in [-0.05, 0) is 25.2 Å². The molecule has 0 aliphatic heterocycles. The van der Waals surface area contributed by atoms with Gasteiger partial charge in [-0.25, -0.2) is 0 Å². The van der Waals surface area contributed by atoms with Crippen molar-refractivity contribution in [1.82, 2.24) is 0 Å². The lowest BCUT2D eigenvalue weighted by Crippen LogP contribution is -2.49. The Hall–Kier alpha value is -2.43. The molecule has 0 amide bonds. The number of Topliss-reactive ketones (excluding diaryl/α,β-unsaturated/α-hetero) is 1. The zero-order valence-corrected chi connectivity index (χ0v) is 14.9. The molecule has 1 aliphatic carbocycles. The average Bonchev–Trinajstić information content (AvgIpc) is 2.77. The lowest BCUT2D eigenvalue weighted by Gasteiger charge is -2.36. The minimum Gasteiger partial charge on any atom is -0.468 e. The molecule has 0 bridgehead atoms. The van der Waals surface area contributed by atoms with Crippen LogP contribution in [0.4, 0.5) is 0 Å². The van der Waals surface area contributed by atoms with Gasteiger partial charge in [-0.15, -0.1) is 0 Å². The molecule has 25 heavy (non-hydrogen) atoms. The van der Waals surface area contributed by atoms with Crippen LogP contribution in [0.2, 0.25) is 0 Å². The lowest BCUT2D eigenvalue weighted by atomic mass is 9.66. The van der Waals surface area contributed by atoms with Crippen LogP contribution in [-0.2, 0) is 19.1 Å². The van der Waals surface area contributed by atoms with Gasteiger partial charge in [-0.2, -0.15) is 0 Å². The van der Waals surface area contributed by atoms with Gasteiger partial charge in [0.15, 0.2) is 11.2 Å².